The molecule has 0 aliphatic carbocycles. The molecule has 0 amide bonds. The molecule has 2 unspecified atom stereocenters. The molecule has 0 saturated heterocycles. The van der Waals surface area contributed by atoms with Gasteiger partial charge in [-0.15, -0.1) is 0 Å². The maximum Gasteiger partial charge on any atom is 0.312 e. The minimum absolute atomic E-state index is 0.00398. The highest BCUT2D eigenvalue weighted by Gasteiger charge is 2.23. The summed E-state index contributed by atoms with van der Waals surface area (Å²) >= 11 is 3.16. The van der Waals surface area contributed by atoms with Crippen LogP contribution in [-0.4, -0.2) is 27.8 Å². The molecule has 19 heavy (non-hydrogen) atoms. The topological polar surface area (TPSA) is 92.8 Å². The third-order valence-corrected chi connectivity index (χ3v) is 3.06. The van der Waals surface area contributed by atoms with Crippen LogP contribution in [0.5, 0.6) is 5.75 Å². The highest BCUT2D eigenvalue weighted by molar-refractivity contribution is 9.10. The monoisotopic (exact) mass is 333 g/mol. The molecule has 0 aliphatic heterocycles. The number of aliphatic hydroxyl groups is 2. The summed E-state index contributed by atoms with van der Waals surface area (Å²) in [5.74, 6) is -0.00398. The van der Waals surface area contributed by atoms with E-state index in [-0.39, 0.29) is 18.0 Å². The zero-order valence-electron chi connectivity index (χ0n) is 10.7. The Morgan fingerprint density at radius 1 is 1.47 bits per heavy atom. The van der Waals surface area contributed by atoms with Crippen LogP contribution < -0.4 is 4.74 Å². The fraction of sp³-hybridized carbons (Fsp3) is 0.500. The molecular weight excluding hydrogens is 318 g/mol. The van der Waals surface area contributed by atoms with Crippen molar-refractivity contribution in [3.05, 3.63) is 32.3 Å². The van der Waals surface area contributed by atoms with E-state index in [1.54, 1.807) is 13.0 Å². The Balaban J connectivity index is 3.19. The average Bonchev–Trinajstić information content (AvgIpc) is 2.35. The summed E-state index contributed by atoms with van der Waals surface area (Å²) in [6, 6.07) is 2.87. The quantitative estimate of drug-likeness (QED) is 0.616. The van der Waals surface area contributed by atoms with Gasteiger partial charge in [-0.25, -0.2) is 0 Å². The summed E-state index contributed by atoms with van der Waals surface area (Å²) in [5.41, 5.74) is 0.0676. The number of benzene rings is 1. The molecule has 0 heterocycles. The highest BCUT2D eigenvalue weighted by atomic mass is 79.9. The Labute approximate surface area is 119 Å². The zero-order valence-corrected chi connectivity index (χ0v) is 12.3. The maximum atomic E-state index is 11.0. The predicted molar refractivity (Wildman–Crippen MR) is 73.2 cm³/mol. The summed E-state index contributed by atoms with van der Waals surface area (Å²) in [7, 11) is 0. The van der Waals surface area contributed by atoms with Crippen LogP contribution in [0.1, 0.15) is 31.9 Å². The number of nitro benzene ring substituents is 1. The third-order valence-electron chi connectivity index (χ3n) is 2.60. The number of nitrogens with zero attached hydrogens (tertiary/aromatic N) is 1. The molecule has 6 nitrogen and oxygen atoms in total. The second-order valence-electron chi connectivity index (χ2n) is 4.15. The molecule has 2 atom stereocenters. The molecule has 1 aromatic rings. The van der Waals surface area contributed by atoms with Gasteiger partial charge in [0.25, 0.3) is 0 Å². The van der Waals surface area contributed by atoms with Gasteiger partial charge < -0.3 is 14.9 Å². The SMILES string of the molecule is CCC(O)COc1c(C(C)O)cc(Br)cc1[N+](=O)[O-]. The van der Waals surface area contributed by atoms with Crippen molar-refractivity contribution < 1.29 is 19.9 Å². The number of halogens is 1. The standard InChI is InChI=1S/C12H16BrNO5/c1-3-9(16)6-19-12-10(7(2)15)4-8(13)5-11(12)14(17)18/h4-5,7,9,15-16H,3,6H2,1-2H3. The number of aliphatic hydroxyl groups excluding tert-OH is 2. The normalized spacial score (nSPS) is 13.9. The molecule has 0 aromatic heterocycles. The van der Waals surface area contributed by atoms with Crippen LogP contribution in [0.2, 0.25) is 0 Å². The second kappa shape index (κ2) is 6.83. The summed E-state index contributed by atoms with van der Waals surface area (Å²) in [6.45, 7) is 3.22. The first kappa shape index (κ1) is 15.9. The molecule has 0 radical (unpaired) electrons. The van der Waals surface area contributed by atoms with Crippen molar-refractivity contribution >= 4 is 21.6 Å². The summed E-state index contributed by atoms with van der Waals surface area (Å²) in [5, 5.41) is 30.2. The van der Waals surface area contributed by atoms with Crippen molar-refractivity contribution in [3.8, 4) is 5.75 Å². The van der Waals surface area contributed by atoms with Crippen LogP contribution in [0.3, 0.4) is 0 Å². The predicted octanol–water partition coefficient (Wildman–Crippen LogP) is 2.56. The second-order valence-corrected chi connectivity index (χ2v) is 5.07. The van der Waals surface area contributed by atoms with E-state index in [1.807, 2.05) is 0 Å². The molecule has 0 aliphatic rings. The van der Waals surface area contributed by atoms with Crippen LogP contribution in [0.15, 0.2) is 16.6 Å². The number of hydrogen-bond donors (Lipinski definition) is 2. The Kier molecular flexibility index (Phi) is 5.71. The van der Waals surface area contributed by atoms with Crippen molar-refractivity contribution in [2.45, 2.75) is 32.5 Å². The number of ether oxygens (including phenoxy) is 1. The van der Waals surface area contributed by atoms with Gasteiger partial charge in [-0.1, -0.05) is 22.9 Å². The van der Waals surface area contributed by atoms with Crippen LogP contribution in [-0.2, 0) is 0 Å². The first-order valence-electron chi connectivity index (χ1n) is 5.83. The van der Waals surface area contributed by atoms with Gasteiger partial charge in [-0.2, -0.15) is 0 Å². The highest BCUT2D eigenvalue weighted by Crippen LogP contribution is 2.37. The Hall–Kier alpha value is -1.18. The van der Waals surface area contributed by atoms with Crippen molar-refractivity contribution in [2.24, 2.45) is 0 Å². The number of rotatable bonds is 6. The maximum absolute atomic E-state index is 11.0. The first-order valence-corrected chi connectivity index (χ1v) is 6.62. The fourth-order valence-corrected chi connectivity index (χ4v) is 1.96. The van der Waals surface area contributed by atoms with Gasteiger partial charge in [-0.3, -0.25) is 10.1 Å². The minimum atomic E-state index is -0.912. The molecule has 106 valence electrons. The largest absolute Gasteiger partial charge is 0.484 e. The summed E-state index contributed by atoms with van der Waals surface area (Å²) < 4.78 is 5.81. The Morgan fingerprint density at radius 2 is 2.11 bits per heavy atom. The van der Waals surface area contributed by atoms with E-state index in [1.165, 1.54) is 13.0 Å². The van der Waals surface area contributed by atoms with E-state index in [4.69, 9.17) is 4.74 Å². The van der Waals surface area contributed by atoms with Crippen molar-refractivity contribution in [2.75, 3.05) is 6.61 Å². The van der Waals surface area contributed by atoms with E-state index < -0.39 is 17.1 Å². The van der Waals surface area contributed by atoms with E-state index in [9.17, 15) is 20.3 Å². The lowest BCUT2D eigenvalue weighted by Gasteiger charge is -2.16. The van der Waals surface area contributed by atoms with E-state index in [0.717, 1.165) is 0 Å². The molecule has 0 fully saturated rings. The number of nitro groups is 1. The first-order chi connectivity index (χ1) is 8.86. The lowest BCUT2D eigenvalue weighted by atomic mass is 10.1. The Morgan fingerprint density at radius 3 is 2.58 bits per heavy atom. The third kappa shape index (κ3) is 4.15. The van der Waals surface area contributed by atoms with Crippen LogP contribution in [0.4, 0.5) is 5.69 Å². The van der Waals surface area contributed by atoms with Gasteiger partial charge in [0.05, 0.1) is 17.1 Å². The average molecular weight is 334 g/mol. The van der Waals surface area contributed by atoms with Crippen molar-refractivity contribution in [3.63, 3.8) is 0 Å². The molecule has 0 spiro atoms. The van der Waals surface area contributed by atoms with E-state index in [2.05, 4.69) is 15.9 Å². The zero-order chi connectivity index (χ0) is 14.6. The lowest BCUT2D eigenvalue weighted by molar-refractivity contribution is -0.386. The lowest BCUT2D eigenvalue weighted by Crippen LogP contribution is -2.17. The summed E-state index contributed by atoms with van der Waals surface area (Å²) in [4.78, 5) is 10.4. The molecule has 0 saturated carbocycles. The van der Waals surface area contributed by atoms with Crippen LogP contribution in [0.25, 0.3) is 0 Å². The van der Waals surface area contributed by atoms with Crippen molar-refractivity contribution in [1.29, 1.82) is 0 Å². The van der Waals surface area contributed by atoms with Gasteiger partial charge in [-0.05, 0) is 19.4 Å². The van der Waals surface area contributed by atoms with Gasteiger partial charge in [0.15, 0.2) is 0 Å². The molecule has 0 bridgehead atoms. The van der Waals surface area contributed by atoms with Gasteiger partial charge in [0.1, 0.15) is 6.61 Å². The molecule has 7 heteroatoms. The van der Waals surface area contributed by atoms with Crippen LogP contribution in [0, 0.1) is 10.1 Å². The van der Waals surface area contributed by atoms with Gasteiger partial charge in [0, 0.05) is 16.1 Å². The molecule has 1 aromatic carbocycles. The van der Waals surface area contributed by atoms with Crippen molar-refractivity contribution in [1.82, 2.24) is 0 Å². The smallest absolute Gasteiger partial charge is 0.312 e. The Bertz CT molecular complexity index is 464. The molecular formula is C12H16BrNO5. The minimum Gasteiger partial charge on any atom is -0.484 e. The van der Waals surface area contributed by atoms with Gasteiger partial charge >= 0.3 is 5.69 Å². The fourth-order valence-electron chi connectivity index (χ4n) is 1.50. The van der Waals surface area contributed by atoms with E-state index in [0.29, 0.717) is 16.5 Å². The molecule has 2 N–H and O–H groups in total. The molecule has 1 rings (SSSR count). The van der Waals surface area contributed by atoms with Crippen LogP contribution >= 0.6 is 15.9 Å². The summed E-state index contributed by atoms with van der Waals surface area (Å²) in [6.07, 6.45) is -1.14. The van der Waals surface area contributed by atoms with E-state index >= 15 is 0 Å². The number of hydrogen-bond acceptors (Lipinski definition) is 5. The van der Waals surface area contributed by atoms with Gasteiger partial charge in [0.2, 0.25) is 5.75 Å².